The van der Waals surface area contributed by atoms with Gasteiger partial charge in [-0.15, -0.1) is 0 Å². The van der Waals surface area contributed by atoms with E-state index in [4.69, 9.17) is 90.1 Å². The molecule has 2 aromatic carbocycles. The highest BCUT2D eigenvalue weighted by Crippen LogP contribution is 2.26. The Labute approximate surface area is 821 Å². The minimum atomic E-state index is -1.93. The van der Waals surface area contributed by atoms with Gasteiger partial charge in [-0.2, -0.15) is 0 Å². The summed E-state index contributed by atoms with van der Waals surface area (Å²) in [7, 11) is 1.44. The molecule has 0 radical (unpaired) electrons. The van der Waals surface area contributed by atoms with Crippen LogP contribution in [0.4, 0.5) is 14.4 Å². The number of nitrogens with two attached hydrogens (primary N) is 11. The molecule has 2 heterocycles. The molecule has 141 heavy (non-hydrogen) atoms. The van der Waals surface area contributed by atoms with E-state index in [1.165, 1.54) is 48.5 Å². The number of carbonyl (C=O) groups excluding carboxylic acids is 17. The van der Waals surface area contributed by atoms with Gasteiger partial charge in [-0.25, -0.2) is 14.4 Å². The first-order chi connectivity index (χ1) is 66.9. The topological polar surface area (TPSA) is 980 Å². The normalized spacial score (nSPS) is 20.2. The number of unbranched alkanes of at least 4 members (excludes halogenated alkanes) is 1. The molecule has 2 aliphatic heterocycles. The number of phenolic OH excluding ortho intramolecular Hbond substituents is 2. The summed E-state index contributed by atoms with van der Waals surface area (Å²) in [5.74, 6) is -18.7. The van der Waals surface area contributed by atoms with Crippen molar-refractivity contribution in [2.75, 3.05) is 77.0 Å². The van der Waals surface area contributed by atoms with Gasteiger partial charge in [-0.1, -0.05) is 45.9 Å². The van der Waals surface area contributed by atoms with Crippen molar-refractivity contribution in [2.24, 2.45) is 63.1 Å². The highest BCUT2D eigenvalue weighted by molar-refractivity contribution is 8.76. The Bertz CT molecular complexity index is 4550. The van der Waals surface area contributed by atoms with E-state index in [0.29, 0.717) is 16.4 Å². The van der Waals surface area contributed by atoms with Gasteiger partial charge in [-0.05, 0) is 177 Å². The van der Waals surface area contributed by atoms with E-state index in [9.17, 15) is 39.0 Å². The molecular formula is C83H141N37O19S2. The second-order valence-corrected chi connectivity index (χ2v) is 35.8. The standard InChI is InChI=1S/C83H141N37O19S2/c84-30-2-1-13-50-67(128)115-56(20-10-38-107-83(99)139)75(136)120-39-11-21-61(120)74(135)117-58(41-45-24-28-47(122)29-25-45)71(132)114-53(17-7-34-103-79(93)94)66(127)112-55(19-9-37-106-82(98)138)69(130)118-59(72(133)108-49(62(86)123)14-4-31-100-76(87)88)42-140-141-43-60(73(134)116-57(40-44-22-26-46(121)27-23-44)70(131)113-52(65(126)110-50)16-6-33-102-78(91)92)119-68(129)54(18-8-35-104-80(95)96)111-64(125)51(15-5-32-101-77(89)90)109-63(124)48(85)12-3-36-105-81(97)137/h22-29,48-61,121-122H,1-21,30-43,84-85H2,(H2,86,123)(H,108,133)(H,109,124)(H,110,126)(H,111,125)(H,112,127)(H,113,131)(H,114,132)(H,115,128)(H,116,134)(H,117,135)(H,118,130)(H,119,129)(H4,87,88,100)(H4,89,90,101)(H4,91,92,102)(H4,93,94,103)(H4,95,96,104)(H3,97,105,137)(H3,98,106,138)(H3,99,107,139)/t48-,49-,50-,51-,52-,53-,54-,55-,56+,57-,58-,59-,60-,61-/m0/s1. The number of amides is 20. The average molecular weight is 2030 g/mol. The van der Waals surface area contributed by atoms with Gasteiger partial charge in [-0.3, -0.25) is 94.2 Å². The van der Waals surface area contributed by atoms with Crippen LogP contribution in [0.1, 0.15) is 146 Å². The summed E-state index contributed by atoms with van der Waals surface area (Å²) in [6.07, 6.45) is -2.82. The molecule has 56 nitrogen and oxygen atoms in total. The number of hydrogen-bond acceptors (Lipinski definition) is 28. The van der Waals surface area contributed by atoms with Gasteiger partial charge in [0.2, 0.25) is 82.7 Å². The lowest BCUT2D eigenvalue weighted by Crippen LogP contribution is -2.61. The third kappa shape index (κ3) is 48.0. The molecular weight excluding hydrogens is 1880 g/mol. The highest BCUT2D eigenvalue weighted by Gasteiger charge is 2.42. The predicted molar refractivity (Wildman–Crippen MR) is 523 cm³/mol. The Kier molecular flexibility index (Phi) is 54.3. The predicted octanol–water partition coefficient (Wildman–Crippen LogP) is -10.3. The zero-order chi connectivity index (χ0) is 105. The SMILES string of the molecule is N=C(N)NCCC[C@H](NC(=O)[C@@H]1CSSC[C@H](NC(=O)[C@H](CCCNC(=N)N)NC(=O)[C@H](CCCNC(=N)N)NC(=O)[C@@H](N)CCCNC(N)=O)C(=O)N[C@@H](Cc2ccc(O)cc2)C(=O)N[C@@H](CCCNC(=N)N)C(=O)N[C@@H](CCCCN)C(=O)N[C@H](CCCNC(N)=O)C(=O)N2CCC[C@H]2C(=O)N[C@@H](Cc2ccc(O)cc2)C(=O)N[C@@H](CCCNC(=N)N)C(=O)N[C@@H](CCCNC(N)=O)C(=O)N1)C(N)=O. The maximum Gasteiger partial charge on any atom is 0.312 e. The number of rotatable bonds is 49. The Hall–Kier alpha value is -14.6. The zero-order valence-corrected chi connectivity index (χ0v) is 80.0. The third-order valence-corrected chi connectivity index (χ3v) is 24.3. The number of aromatic hydroxyl groups is 2. The average Bonchev–Trinajstić information content (AvgIpc) is 1.71. The fraction of sp³-hybridized carbons (Fsp3) is 0.590. The minimum Gasteiger partial charge on any atom is -0.508 e. The monoisotopic (exact) mass is 2020 g/mol. The minimum absolute atomic E-state index is 0.00971. The van der Waals surface area contributed by atoms with Crippen molar-refractivity contribution in [3.8, 4) is 11.5 Å². The maximum absolute atomic E-state index is 15.8. The number of primary amides is 4. The Morgan fingerprint density at radius 2 is 0.723 bits per heavy atom. The van der Waals surface area contributed by atoms with Gasteiger partial charge in [0.25, 0.3) is 0 Å². The number of benzene rings is 2. The first-order valence-corrected chi connectivity index (χ1v) is 48.4. The number of hydrogen-bond donors (Lipinski definition) is 38. The van der Waals surface area contributed by atoms with Crippen molar-refractivity contribution in [3.63, 3.8) is 0 Å². The van der Waals surface area contributed by atoms with Crippen molar-refractivity contribution < 1.29 is 91.7 Å². The van der Waals surface area contributed by atoms with Crippen molar-refractivity contribution in [3.05, 3.63) is 59.7 Å². The number of urea groups is 3. The van der Waals surface area contributed by atoms with Crippen molar-refractivity contribution in [2.45, 2.75) is 232 Å². The van der Waals surface area contributed by atoms with Gasteiger partial charge >= 0.3 is 18.1 Å². The van der Waals surface area contributed by atoms with Crippen LogP contribution in [0.5, 0.6) is 11.5 Å². The number of nitrogens with one attached hydrogen (secondary N) is 25. The van der Waals surface area contributed by atoms with E-state index in [1.807, 2.05) is 0 Å². The van der Waals surface area contributed by atoms with Crippen LogP contribution in [0.2, 0.25) is 0 Å². The summed E-state index contributed by atoms with van der Waals surface area (Å²) in [5.41, 5.74) is 62.7. The van der Waals surface area contributed by atoms with Gasteiger partial charge in [0.15, 0.2) is 29.8 Å². The number of nitrogens with zero attached hydrogens (tertiary/aromatic N) is 1. The Balaban J connectivity index is 2.16. The number of guanidine groups is 5. The number of fused-ring (bicyclic) bond motifs is 1. The first kappa shape index (κ1) is 119. The summed E-state index contributed by atoms with van der Waals surface area (Å²) in [6.45, 7) is -0.751. The molecule has 0 unspecified atom stereocenters. The molecule has 0 spiro atoms. The van der Waals surface area contributed by atoms with Crippen LogP contribution in [0.25, 0.3) is 0 Å². The molecule has 0 bridgehead atoms. The zero-order valence-electron chi connectivity index (χ0n) is 78.4. The van der Waals surface area contributed by atoms with Crippen LogP contribution in [0, 0.1) is 27.0 Å². The van der Waals surface area contributed by atoms with Crippen LogP contribution in [-0.2, 0) is 80.0 Å². The smallest absolute Gasteiger partial charge is 0.312 e. The van der Waals surface area contributed by atoms with E-state index < -0.39 is 240 Å². The summed E-state index contributed by atoms with van der Waals surface area (Å²) in [5, 5.41) is 112. The molecule has 14 atom stereocenters. The van der Waals surface area contributed by atoms with E-state index >= 15 is 52.7 Å². The highest BCUT2D eigenvalue weighted by atomic mass is 33.1. The second kappa shape index (κ2) is 64.5. The third-order valence-electron chi connectivity index (χ3n) is 21.9. The lowest BCUT2D eigenvalue weighted by molar-refractivity contribution is -0.142. The van der Waals surface area contributed by atoms with Crippen LogP contribution < -0.4 is 169 Å². The van der Waals surface area contributed by atoms with E-state index in [0.717, 1.165) is 15.7 Å². The van der Waals surface area contributed by atoms with Gasteiger partial charge in [0, 0.05) is 83.3 Å². The summed E-state index contributed by atoms with van der Waals surface area (Å²) < 4.78 is 0. The molecule has 49 N–H and O–H groups in total. The quantitative estimate of drug-likeness (QED) is 0.0127. The number of phenols is 2. The molecule has 0 aliphatic carbocycles. The molecule has 784 valence electrons. The number of carbonyl (C=O) groups is 17. The molecule has 20 amide bonds. The molecule has 2 aromatic rings. The van der Waals surface area contributed by atoms with Crippen molar-refractivity contribution in [1.29, 1.82) is 27.0 Å². The van der Waals surface area contributed by atoms with Crippen LogP contribution >= 0.6 is 21.6 Å². The molecule has 2 saturated heterocycles. The van der Waals surface area contributed by atoms with Crippen LogP contribution in [0.15, 0.2) is 48.5 Å². The molecule has 2 aliphatic rings. The van der Waals surface area contributed by atoms with Crippen molar-refractivity contribution >= 4 is 152 Å². The molecule has 0 saturated carbocycles. The second-order valence-electron chi connectivity index (χ2n) is 33.2. The van der Waals surface area contributed by atoms with Gasteiger partial charge in [0.1, 0.15) is 90.0 Å². The molecule has 58 heteroatoms. The fourth-order valence-corrected chi connectivity index (χ4v) is 16.8. The van der Waals surface area contributed by atoms with Crippen LogP contribution in [-0.4, -0.2) is 307 Å². The Morgan fingerprint density at radius 1 is 0.383 bits per heavy atom. The lowest BCUT2D eigenvalue weighted by atomic mass is 10.0. The summed E-state index contributed by atoms with van der Waals surface area (Å²) >= 11 is 0. The fourth-order valence-electron chi connectivity index (χ4n) is 14.5. The van der Waals surface area contributed by atoms with Crippen molar-refractivity contribution in [1.82, 2.24) is 111 Å². The molecule has 4 rings (SSSR count). The summed E-state index contributed by atoms with van der Waals surface area (Å²) in [4.78, 5) is 248. The van der Waals surface area contributed by atoms with Crippen LogP contribution in [0.3, 0.4) is 0 Å². The Morgan fingerprint density at radius 3 is 1.14 bits per heavy atom. The maximum atomic E-state index is 15.8. The first-order valence-electron chi connectivity index (χ1n) is 45.9. The largest absolute Gasteiger partial charge is 0.508 e. The van der Waals surface area contributed by atoms with Gasteiger partial charge < -0.3 is 185 Å². The molecule has 0 aromatic heterocycles. The van der Waals surface area contributed by atoms with E-state index in [2.05, 4.69) is 106 Å². The van der Waals surface area contributed by atoms with E-state index in [1.54, 1.807) is 0 Å². The van der Waals surface area contributed by atoms with E-state index in [-0.39, 0.29) is 217 Å². The molecule has 2 fully saturated rings. The summed E-state index contributed by atoms with van der Waals surface area (Å²) in [6, 6.07) is -15.1. The lowest BCUT2D eigenvalue weighted by Gasteiger charge is -2.31. The van der Waals surface area contributed by atoms with Gasteiger partial charge in [0.05, 0.1) is 6.04 Å².